The van der Waals surface area contributed by atoms with E-state index in [1.807, 2.05) is 0 Å². The molecule has 20 heteroatoms. The first-order chi connectivity index (χ1) is 68.3. The number of hydrogen-bond acceptors (Lipinski definition) is 20. The summed E-state index contributed by atoms with van der Waals surface area (Å²) in [6, 6.07) is 0. The van der Waals surface area contributed by atoms with Crippen LogP contribution in [-0.4, -0.2) is 248 Å². The summed E-state index contributed by atoms with van der Waals surface area (Å²) >= 11 is 0. The van der Waals surface area contributed by atoms with Crippen LogP contribution in [0.3, 0.4) is 0 Å². The van der Waals surface area contributed by atoms with Crippen LogP contribution in [0.4, 0.5) is 0 Å². The van der Waals surface area contributed by atoms with Gasteiger partial charge in [0.1, 0.15) is 0 Å². The molecule has 0 amide bonds. The Morgan fingerprint density at radius 3 is 0.861 bits per heavy atom. The number of rotatable bonds is 42. The van der Waals surface area contributed by atoms with E-state index in [2.05, 4.69) is 208 Å². The second-order valence-corrected chi connectivity index (χ2v) is 53.2. The van der Waals surface area contributed by atoms with E-state index in [1.54, 1.807) is 14.2 Å². The first-order valence-corrected chi connectivity index (χ1v) is 60.9. The second-order valence-electron chi connectivity index (χ2n) is 53.2. The third-order valence-electron chi connectivity index (χ3n) is 39.9. The van der Waals surface area contributed by atoms with Gasteiger partial charge in [0.05, 0.1) is 148 Å². The Bertz CT molecular complexity index is 3610. The SMILES string of the molecule is CC(C)OCC1CC2OC2(C)CC1C.CCCCC(CC)COCC1CC2OC2(C)CC1C.CCCCCCOCC1CC2OC2(C)CC1C.CCCCOC(C)C1CCC2(C)OC2C1.CCCCOCC1CC2OC2(C)CC1C.CCCOCC1CC2OC2(C)CC1C.CCOC(C)C1CCC2(C)OC2C1.CCOCC1CC2OC2(C)CC1C.COC(C)C1CCC2(C)OC2C1.COCC1CC2OC2(C)CC1C. The zero-order chi connectivity index (χ0) is 105. The maximum absolute atomic E-state index is 6.04. The van der Waals surface area contributed by atoms with Crippen molar-refractivity contribution in [1.29, 1.82) is 0 Å². The van der Waals surface area contributed by atoms with E-state index >= 15 is 0 Å². The smallest absolute Gasteiger partial charge is 0.0923 e. The van der Waals surface area contributed by atoms with Crippen LogP contribution in [0.2, 0.25) is 0 Å². The topological polar surface area (TPSA) is 218 Å². The molecule has 0 radical (unpaired) electrons. The van der Waals surface area contributed by atoms with Crippen LogP contribution in [0, 0.1) is 107 Å². The van der Waals surface area contributed by atoms with Gasteiger partial charge in [-0.3, -0.25) is 0 Å². The lowest BCUT2D eigenvalue weighted by Crippen LogP contribution is -2.31. The fourth-order valence-corrected chi connectivity index (χ4v) is 27.4. The molecule has 0 N–H and O–H groups in total. The van der Waals surface area contributed by atoms with E-state index in [9.17, 15) is 0 Å². The predicted molar refractivity (Wildman–Crippen MR) is 581 cm³/mol. The molecule has 20 fully saturated rings. The Kier molecular flexibility index (Phi) is 47.9. The van der Waals surface area contributed by atoms with Gasteiger partial charge in [-0.05, 0) is 404 Å². The van der Waals surface area contributed by atoms with E-state index in [4.69, 9.17) is 94.7 Å². The monoisotopic (exact) mass is 2040 g/mol. The van der Waals surface area contributed by atoms with Crippen LogP contribution in [0.25, 0.3) is 0 Å². The molecule has 0 aromatic carbocycles. The Morgan fingerprint density at radius 1 is 0.264 bits per heavy atom. The number of methoxy groups -OCH3 is 2. The zero-order valence-corrected chi connectivity index (χ0v) is 99.0. The summed E-state index contributed by atoms with van der Waals surface area (Å²) in [6.07, 6.45) is 51.4. The molecule has 0 aromatic heterocycles. The van der Waals surface area contributed by atoms with E-state index in [0.717, 1.165) is 194 Å². The fraction of sp³-hybridized carbons (Fsp3) is 1.00. The Balaban J connectivity index is 0.000000153. The molecule has 20 aliphatic rings. The average Bonchev–Trinajstić information content (AvgIpc) is 1.58. The van der Waals surface area contributed by atoms with Gasteiger partial charge in [0.2, 0.25) is 0 Å². The zero-order valence-electron chi connectivity index (χ0n) is 99.0. The molecule has 41 unspecified atom stereocenters. The maximum Gasteiger partial charge on any atom is 0.0923 e. The van der Waals surface area contributed by atoms with Crippen molar-refractivity contribution >= 4 is 0 Å². The standard InChI is InChI=1S/C17H32O2.C15H28O2.2C13H24O2.2C12H22O2.2C11H20O2.2C10H18O2/c1-5-7-8-14(6-2)11-18-12-15-9-16-17(4,19-16)10-13(15)3;1-4-5-6-7-8-16-11-13-9-14-15(3,17-14)10-12(13)2;1-4-5-8-14-10(2)11-6-7-13(3)12(9-11)15-13;1-4-5-6-14-9-11-7-12-13(3,15-12)8-10(11)2;1-8(2)13-7-10-5-11-12(4,14-11)6-9(10)3;1-4-5-13-8-10-6-11-12(3,14-11)7-9(10)2;1-4-12-7-9-5-10-11(3,13-10)6-8(9)2;1-4-12-8(2)9-5-6-11(3)10(7-9)13-11;1-7-5-10(2)9(12-10)4-8(7)6-11-3;1-7(11-3)8-4-5-10(2)9(6-8)12-10/h13-16H,5-12H2,1-4H3;12-14H,4-11H2,1-3H3;2*10-12H,4-9H2,1-3H3;8-11H,5-7H2,1-4H3;9-11H,4-8H2,1-3H3;2*8-10H,4-7H2,1-3H3;2*7-9H,4-6H2,1-3H3. The van der Waals surface area contributed by atoms with Gasteiger partial charge in [-0.25, -0.2) is 0 Å². The average molecular weight is 2040 g/mol. The number of hydrogen-bond donors (Lipinski definition) is 0. The summed E-state index contributed by atoms with van der Waals surface area (Å²) in [6.45, 7) is 80.0. The van der Waals surface area contributed by atoms with Crippen molar-refractivity contribution in [2.24, 2.45) is 107 Å². The molecular formula is C124H228O20. The van der Waals surface area contributed by atoms with Crippen LogP contribution in [0.15, 0.2) is 0 Å². The quantitative estimate of drug-likeness (QED) is 0.0410. The summed E-state index contributed by atoms with van der Waals surface area (Å²) in [5.41, 5.74) is 2.39. The van der Waals surface area contributed by atoms with Gasteiger partial charge >= 0.3 is 0 Å². The van der Waals surface area contributed by atoms with Crippen molar-refractivity contribution in [3.05, 3.63) is 0 Å². The maximum atomic E-state index is 6.04. The molecule has 20 rings (SSSR count). The molecule has 41 atom stereocenters. The molecule has 10 saturated carbocycles. The summed E-state index contributed by atoms with van der Waals surface area (Å²) in [5, 5.41) is 0. The first-order valence-electron chi connectivity index (χ1n) is 60.9. The van der Waals surface area contributed by atoms with Crippen molar-refractivity contribution in [3.63, 3.8) is 0 Å². The molecule has 0 bridgehead atoms. The highest BCUT2D eigenvalue weighted by atomic mass is 16.6. The minimum absolute atomic E-state index is 0.225. The highest BCUT2D eigenvalue weighted by Crippen LogP contribution is 2.60. The number of epoxide rings is 10. The molecule has 10 saturated heterocycles. The number of unbranched alkanes of at least 4 members (excludes halogenated alkanes) is 6. The van der Waals surface area contributed by atoms with Crippen LogP contribution in [-0.2, 0) is 94.7 Å². The Morgan fingerprint density at radius 2 is 0.556 bits per heavy atom. The molecule has 10 aliphatic carbocycles. The Hall–Kier alpha value is -0.800. The third-order valence-corrected chi connectivity index (χ3v) is 39.9. The lowest BCUT2D eigenvalue weighted by atomic mass is 9.76. The van der Waals surface area contributed by atoms with Crippen LogP contribution in [0.5, 0.6) is 0 Å². The van der Waals surface area contributed by atoms with Gasteiger partial charge in [-0.2, -0.15) is 0 Å². The van der Waals surface area contributed by atoms with Gasteiger partial charge in [-0.15, -0.1) is 0 Å². The third kappa shape index (κ3) is 36.6. The van der Waals surface area contributed by atoms with Crippen LogP contribution >= 0.6 is 0 Å². The van der Waals surface area contributed by atoms with E-state index in [-0.39, 0.29) is 56.0 Å². The van der Waals surface area contributed by atoms with Gasteiger partial charge in [-0.1, -0.05) is 141 Å². The van der Waals surface area contributed by atoms with E-state index < -0.39 is 0 Å². The highest BCUT2D eigenvalue weighted by Gasteiger charge is 2.65. The van der Waals surface area contributed by atoms with Gasteiger partial charge in [0, 0.05) is 100 Å². The summed E-state index contributed by atoms with van der Waals surface area (Å²) in [5.74, 6) is 13.3. The lowest BCUT2D eigenvalue weighted by molar-refractivity contribution is 0.0123. The van der Waals surface area contributed by atoms with E-state index in [1.165, 1.54) is 225 Å². The predicted octanol–water partition coefficient (Wildman–Crippen LogP) is 28.0. The molecular weight excluding hydrogens is 1810 g/mol. The lowest BCUT2D eigenvalue weighted by Gasteiger charge is -2.29. The molecule has 0 aromatic rings. The fourth-order valence-electron chi connectivity index (χ4n) is 27.4. The minimum atomic E-state index is 0.225. The van der Waals surface area contributed by atoms with Crippen molar-refractivity contribution in [2.75, 3.05) is 107 Å². The van der Waals surface area contributed by atoms with Crippen molar-refractivity contribution < 1.29 is 94.7 Å². The largest absolute Gasteiger partial charge is 0.384 e. The number of fused-ring (bicyclic) bond motifs is 10. The molecule has 0 spiro atoms. The highest BCUT2D eigenvalue weighted by molar-refractivity contribution is 5.13. The van der Waals surface area contributed by atoms with Crippen LogP contribution in [0.1, 0.15) is 439 Å². The first kappa shape index (κ1) is 123. The second kappa shape index (κ2) is 55.9. The summed E-state index contributed by atoms with van der Waals surface area (Å²) < 4.78 is 114. The molecule has 10 heterocycles. The van der Waals surface area contributed by atoms with E-state index in [0.29, 0.717) is 97.3 Å². The van der Waals surface area contributed by atoms with Crippen molar-refractivity contribution in [3.8, 4) is 0 Å². The minimum Gasteiger partial charge on any atom is -0.384 e. The molecule has 844 valence electrons. The molecule has 20 nitrogen and oxygen atoms in total. The van der Waals surface area contributed by atoms with Crippen molar-refractivity contribution in [2.45, 2.75) is 580 Å². The van der Waals surface area contributed by atoms with Crippen molar-refractivity contribution in [1.82, 2.24) is 0 Å². The van der Waals surface area contributed by atoms with Crippen LogP contribution < -0.4 is 0 Å². The normalized spacial score (nSPS) is 44.5. The van der Waals surface area contributed by atoms with Gasteiger partial charge in [0.25, 0.3) is 0 Å². The summed E-state index contributed by atoms with van der Waals surface area (Å²) in [7, 11) is 3.58. The molecule has 144 heavy (non-hydrogen) atoms. The Labute approximate surface area is 883 Å². The molecule has 10 aliphatic heterocycles. The number of ether oxygens (including phenoxy) is 20. The van der Waals surface area contributed by atoms with Gasteiger partial charge in [0.15, 0.2) is 0 Å². The summed E-state index contributed by atoms with van der Waals surface area (Å²) in [4.78, 5) is 0. The van der Waals surface area contributed by atoms with Gasteiger partial charge < -0.3 is 94.7 Å².